The molecule has 0 aliphatic rings. The molecule has 102 valence electrons. The molecule has 0 atom stereocenters. The topological polar surface area (TPSA) is 96.0 Å². The van der Waals surface area contributed by atoms with Crippen LogP contribution < -0.4 is 10.5 Å². The summed E-state index contributed by atoms with van der Waals surface area (Å²) in [6.07, 6.45) is 0. The Hall–Kier alpha value is -2.04. The van der Waals surface area contributed by atoms with E-state index >= 15 is 0 Å². The van der Waals surface area contributed by atoms with Crippen molar-refractivity contribution in [2.45, 2.75) is 4.90 Å². The smallest absolute Gasteiger partial charge is 0.263 e. The molecule has 7 heteroatoms. The van der Waals surface area contributed by atoms with Crippen LogP contribution in [-0.4, -0.2) is 8.42 Å². The van der Waals surface area contributed by atoms with Crippen molar-refractivity contribution < 1.29 is 8.42 Å². The number of anilines is 2. The zero-order valence-electron chi connectivity index (χ0n) is 10.2. The van der Waals surface area contributed by atoms with E-state index in [9.17, 15) is 8.42 Å². The van der Waals surface area contributed by atoms with Gasteiger partial charge in [0.15, 0.2) is 0 Å². The molecule has 0 spiro atoms. The molecule has 0 saturated heterocycles. The summed E-state index contributed by atoms with van der Waals surface area (Å²) >= 11 is 3.26. The second-order valence-corrected chi connectivity index (χ2v) is 6.55. The molecule has 0 amide bonds. The maximum absolute atomic E-state index is 12.3. The van der Waals surface area contributed by atoms with Gasteiger partial charge >= 0.3 is 0 Å². The Labute approximate surface area is 125 Å². The van der Waals surface area contributed by atoms with Crippen LogP contribution in [0.5, 0.6) is 0 Å². The number of hydrogen-bond donors (Lipinski definition) is 2. The second-order valence-electron chi connectivity index (χ2n) is 3.98. The van der Waals surface area contributed by atoms with Crippen molar-refractivity contribution in [3.05, 3.63) is 52.5 Å². The zero-order valence-corrected chi connectivity index (χ0v) is 12.6. The molecule has 0 aliphatic heterocycles. The van der Waals surface area contributed by atoms with E-state index in [0.29, 0.717) is 11.4 Å². The van der Waals surface area contributed by atoms with E-state index in [4.69, 9.17) is 11.0 Å². The Balaban J connectivity index is 2.44. The van der Waals surface area contributed by atoms with E-state index in [1.54, 1.807) is 24.3 Å². The Morgan fingerprint density at radius 3 is 2.60 bits per heavy atom. The molecule has 0 unspecified atom stereocenters. The van der Waals surface area contributed by atoms with Gasteiger partial charge in [-0.25, -0.2) is 8.42 Å². The predicted molar refractivity (Wildman–Crippen MR) is 80.5 cm³/mol. The lowest BCUT2D eigenvalue weighted by atomic mass is 10.2. The lowest BCUT2D eigenvalue weighted by Crippen LogP contribution is -2.14. The number of nitrogens with two attached hydrogens (primary N) is 1. The van der Waals surface area contributed by atoms with Crippen LogP contribution in [0.25, 0.3) is 0 Å². The monoisotopic (exact) mass is 351 g/mol. The Bertz CT molecular complexity index is 798. The summed E-state index contributed by atoms with van der Waals surface area (Å²) in [5.74, 6) is 0. The van der Waals surface area contributed by atoms with Crippen LogP contribution in [0.1, 0.15) is 5.56 Å². The van der Waals surface area contributed by atoms with E-state index < -0.39 is 10.0 Å². The third kappa shape index (κ3) is 3.10. The summed E-state index contributed by atoms with van der Waals surface area (Å²) in [6.45, 7) is 0. The van der Waals surface area contributed by atoms with Gasteiger partial charge in [0.2, 0.25) is 0 Å². The van der Waals surface area contributed by atoms with E-state index in [2.05, 4.69) is 20.7 Å². The van der Waals surface area contributed by atoms with Crippen molar-refractivity contribution in [1.29, 1.82) is 5.26 Å². The van der Waals surface area contributed by atoms with Crippen molar-refractivity contribution in [3.8, 4) is 6.07 Å². The predicted octanol–water partition coefficient (Wildman–Crippen LogP) is 2.70. The third-order valence-corrected chi connectivity index (χ3v) is 4.42. The number of benzene rings is 2. The summed E-state index contributed by atoms with van der Waals surface area (Å²) in [5, 5.41) is 9.01. The maximum Gasteiger partial charge on any atom is 0.263 e. The number of halogens is 1. The molecule has 0 heterocycles. The first-order valence-electron chi connectivity index (χ1n) is 5.50. The Morgan fingerprint density at radius 1 is 1.20 bits per heavy atom. The van der Waals surface area contributed by atoms with Crippen molar-refractivity contribution in [2.24, 2.45) is 0 Å². The maximum atomic E-state index is 12.3. The van der Waals surface area contributed by atoms with Crippen LogP contribution >= 0.6 is 15.9 Å². The van der Waals surface area contributed by atoms with E-state index in [-0.39, 0.29) is 10.5 Å². The average Bonchev–Trinajstić information content (AvgIpc) is 2.37. The fraction of sp³-hybridized carbons (Fsp3) is 0. The number of nitrogen functional groups attached to an aromatic ring is 1. The van der Waals surface area contributed by atoms with Gasteiger partial charge in [-0.1, -0.05) is 22.0 Å². The minimum atomic E-state index is -3.84. The number of sulfonamides is 1. The molecule has 5 nitrogen and oxygen atoms in total. The molecule has 2 rings (SSSR count). The van der Waals surface area contributed by atoms with Gasteiger partial charge in [-0.3, -0.25) is 4.72 Å². The van der Waals surface area contributed by atoms with Gasteiger partial charge < -0.3 is 5.73 Å². The standard InChI is InChI=1S/C13H10BrN3O2S/c14-10-2-1-3-12(7-10)17-20(18,19)13-5-4-11(16)6-9(13)8-15/h1-7,17H,16H2. The number of nitrogens with one attached hydrogen (secondary N) is 1. The highest BCUT2D eigenvalue weighted by Crippen LogP contribution is 2.23. The van der Waals surface area contributed by atoms with E-state index in [1.807, 2.05) is 6.07 Å². The first-order chi connectivity index (χ1) is 9.42. The van der Waals surface area contributed by atoms with Crippen LogP contribution in [0.3, 0.4) is 0 Å². The number of hydrogen-bond acceptors (Lipinski definition) is 4. The lowest BCUT2D eigenvalue weighted by Gasteiger charge is -2.10. The fourth-order valence-corrected chi connectivity index (χ4v) is 3.22. The third-order valence-electron chi connectivity index (χ3n) is 2.49. The van der Waals surface area contributed by atoms with Crippen LogP contribution in [0.15, 0.2) is 51.8 Å². The zero-order chi connectivity index (χ0) is 14.8. The molecule has 0 saturated carbocycles. The molecule has 0 bridgehead atoms. The van der Waals surface area contributed by atoms with E-state index in [1.165, 1.54) is 18.2 Å². The summed E-state index contributed by atoms with van der Waals surface area (Å²) in [7, 11) is -3.84. The normalized spacial score (nSPS) is 10.8. The first kappa shape index (κ1) is 14.4. The molecule has 2 aromatic rings. The molecule has 0 aliphatic carbocycles. The summed E-state index contributed by atoms with van der Waals surface area (Å²) in [4.78, 5) is -0.103. The highest BCUT2D eigenvalue weighted by Gasteiger charge is 2.19. The second kappa shape index (κ2) is 5.53. The highest BCUT2D eigenvalue weighted by molar-refractivity contribution is 9.10. The quantitative estimate of drug-likeness (QED) is 0.830. The minimum Gasteiger partial charge on any atom is -0.399 e. The van der Waals surface area contributed by atoms with Crippen molar-refractivity contribution >= 4 is 37.3 Å². The van der Waals surface area contributed by atoms with Crippen molar-refractivity contribution in [2.75, 3.05) is 10.5 Å². The van der Waals surface area contributed by atoms with Gasteiger partial charge in [-0.2, -0.15) is 5.26 Å². The molecule has 20 heavy (non-hydrogen) atoms. The van der Waals surface area contributed by atoms with E-state index in [0.717, 1.165) is 4.47 Å². The van der Waals surface area contributed by atoms with Gasteiger partial charge in [0.05, 0.1) is 5.56 Å². The van der Waals surface area contributed by atoms with Gasteiger partial charge in [0, 0.05) is 15.8 Å². The average molecular weight is 352 g/mol. The van der Waals surface area contributed by atoms with Crippen LogP contribution in [0.2, 0.25) is 0 Å². The highest BCUT2D eigenvalue weighted by atomic mass is 79.9. The molecule has 0 radical (unpaired) electrons. The lowest BCUT2D eigenvalue weighted by molar-refractivity contribution is 0.601. The number of nitriles is 1. The van der Waals surface area contributed by atoms with Crippen LogP contribution in [0, 0.1) is 11.3 Å². The summed E-state index contributed by atoms with van der Waals surface area (Å²) in [5.41, 5.74) is 6.29. The molecule has 2 aromatic carbocycles. The first-order valence-corrected chi connectivity index (χ1v) is 7.78. The van der Waals surface area contributed by atoms with Crippen LogP contribution in [-0.2, 0) is 10.0 Å². The van der Waals surface area contributed by atoms with Crippen LogP contribution in [0.4, 0.5) is 11.4 Å². The molecular formula is C13H10BrN3O2S. The van der Waals surface area contributed by atoms with Crippen molar-refractivity contribution in [1.82, 2.24) is 0 Å². The largest absolute Gasteiger partial charge is 0.399 e. The van der Waals surface area contributed by atoms with Gasteiger partial charge in [-0.15, -0.1) is 0 Å². The SMILES string of the molecule is N#Cc1cc(N)ccc1S(=O)(=O)Nc1cccc(Br)c1. The molecule has 0 fully saturated rings. The number of nitrogens with zero attached hydrogens (tertiary/aromatic N) is 1. The Morgan fingerprint density at radius 2 is 1.95 bits per heavy atom. The fourth-order valence-electron chi connectivity index (χ4n) is 1.63. The minimum absolute atomic E-state index is 0.00694. The summed E-state index contributed by atoms with van der Waals surface area (Å²) < 4.78 is 27.7. The number of rotatable bonds is 3. The molecular weight excluding hydrogens is 342 g/mol. The van der Waals surface area contributed by atoms with Crippen molar-refractivity contribution in [3.63, 3.8) is 0 Å². The van der Waals surface area contributed by atoms with Gasteiger partial charge in [-0.05, 0) is 36.4 Å². The molecule has 3 N–H and O–H groups in total. The molecule has 0 aromatic heterocycles. The van der Waals surface area contributed by atoms with Gasteiger partial charge in [0.25, 0.3) is 10.0 Å². The van der Waals surface area contributed by atoms with Gasteiger partial charge in [0.1, 0.15) is 11.0 Å². The Kier molecular flexibility index (Phi) is 3.97. The summed E-state index contributed by atoms with van der Waals surface area (Å²) in [6, 6.07) is 12.6.